The zero-order valence-electron chi connectivity index (χ0n) is 16.6. The van der Waals surface area contributed by atoms with Crippen molar-refractivity contribution in [2.24, 2.45) is 0 Å². The van der Waals surface area contributed by atoms with Crippen molar-refractivity contribution in [1.29, 1.82) is 0 Å². The number of phenolic OH excluding ortho intramolecular Hbond substituents is 1. The standard InChI is InChI=1S/C24H21FO5/c1-28-22-12-8-16(13-18(22)15-30-23-6-4-3-5-19(23)25)7-10-20(26)17-9-11-21(27)24(14-17)29-2/h3-14,27H,15H2,1-2H3/b10-7+. The highest BCUT2D eigenvalue weighted by molar-refractivity contribution is 6.07. The second-order valence-electron chi connectivity index (χ2n) is 6.37. The van der Waals surface area contributed by atoms with E-state index in [1.165, 1.54) is 37.5 Å². The highest BCUT2D eigenvalue weighted by Crippen LogP contribution is 2.27. The fraction of sp³-hybridized carbons (Fsp3) is 0.125. The van der Waals surface area contributed by atoms with Crippen LogP contribution in [0, 0.1) is 5.82 Å². The number of methoxy groups -OCH3 is 2. The van der Waals surface area contributed by atoms with Gasteiger partial charge in [-0.25, -0.2) is 4.39 Å². The first-order chi connectivity index (χ1) is 14.5. The molecule has 3 aromatic carbocycles. The zero-order valence-corrected chi connectivity index (χ0v) is 16.6. The predicted octanol–water partition coefficient (Wildman–Crippen LogP) is 5.02. The monoisotopic (exact) mass is 408 g/mol. The van der Waals surface area contributed by atoms with Gasteiger partial charge in [0, 0.05) is 11.1 Å². The molecule has 0 heterocycles. The molecule has 0 aliphatic heterocycles. The van der Waals surface area contributed by atoms with Crippen LogP contribution in [0.2, 0.25) is 0 Å². The number of rotatable bonds is 8. The van der Waals surface area contributed by atoms with Crippen LogP contribution in [-0.2, 0) is 6.61 Å². The normalized spacial score (nSPS) is 10.8. The van der Waals surface area contributed by atoms with Crippen LogP contribution in [0.15, 0.2) is 66.7 Å². The zero-order chi connectivity index (χ0) is 21.5. The number of ketones is 1. The minimum absolute atomic E-state index is 0.0346. The first-order valence-corrected chi connectivity index (χ1v) is 9.15. The molecule has 0 aliphatic rings. The number of para-hydroxylation sites is 1. The van der Waals surface area contributed by atoms with Crippen molar-refractivity contribution >= 4 is 11.9 Å². The summed E-state index contributed by atoms with van der Waals surface area (Å²) in [5.41, 5.74) is 1.85. The predicted molar refractivity (Wildman–Crippen MR) is 112 cm³/mol. The molecule has 154 valence electrons. The lowest BCUT2D eigenvalue weighted by Crippen LogP contribution is -2.00. The summed E-state index contributed by atoms with van der Waals surface area (Å²) in [5, 5.41) is 9.65. The summed E-state index contributed by atoms with van der Waals surface area (Å²) in [6.45, 7) is 0.106. The Bertz CT molecular complexity index is 1070. The van der Waals surface area contributed by atoms with Crippen molar-refractivity contribution in [3.05, 3.63) is 89.2 Å². The minimum Gasteiger partial charge on any atom is -0.504 e. The van der Waals surface area contributed by atoms with Crippen LogP contribution in [0.1, 0.15) is 21.5 Å². The van der Waals surface area contributed by atoms with Crippen molar-refractivity contribution in [3.8, 4) is 23.0 Å². The maximum atomic E-state index is 13.8. The lowest BCUT2D eigenvalue weighted by Gasteiger charge is -2.11. The van der Waals surface area contributed by atoms with Gasteiger partial charge in [-0.2, -0.15) is 0 Å². The van der Waals surface area contributed by atoms with Gasteiger partial charge in [-0.05, 0) is 54.1 Å². The molecule has 0 amide bonds. The number of aromatic hydroxyl groups is 1. The van der Waals surface area contributed by atoms with Crippen LogP contribution < -0.4 is 14.2 Å². The smallest absolute Gasteiger partial charge is 0.185 e. The topological polar surface area (TPSA) is 65.0 Å². The van der Waals surface area contributed by atoms with Gasteiger partial charge in [0.2, 0.25) is 0 Å². The van der Waals surface area contributed by atoms with E-state index in [0.717, 1.165) is 5.56 Å². The molecule has 6 heteroatoms. The fourth-order valence-electron chi connectivity index (χ4n) is 2.83. The molecule has 0 fully saturated rings. The van der Waals surface area contributed by atoms with Gasteiger partial charge >= 0.3 is 0 Å². The summed E-state index contributed by atoms with van der Waals surface area (Å²) in [5.74, 6) is 0.254. The van der Waals surface area contributed by atoms with E-state index in [9.17, 15) is 14.3 Å². The third-order valence-electron chi connectivity index (χ3n) is 4.42. The lowest BCUT2D eigenvalue weighted by atomic mass is 10.1. The Balaban J connectivity index is 1.77. The third-order valence-corrected chi connectivity index (χ3v) is 4.42. The average Bonchev–Trinajstić information content (AvgIpc) is 2.77. The van der Waals surface area contributed by atoms with Crippen LogP contribution in [0.4, 0.5) is 4.39 Å². The molecule has 0 radical (unpaired) electrons. The molecule has 1 N–H and O–H groups in total. The number of benzene rings is 3. The quantitative estimate of drug-likeness (QED) is 0.419. The van der Waals surface area contributed by atoms with Gasteiger partial charge in [-0.3, -0.25) is 4.79 Å². The van der Waals surface area contributed by atoms with Crippen molar-refractivity contribution in [3.63, 3.8) is 0 Å². The van der Waals surface area contributed by atoms with Gasteiger partial charge in [0.15, 0.2) is 28.8 Å². The van der Waals surface area contributed by atoms with Gasteiger partial charge in [0.05, 0.1) is 14.2 Å². The number of hydrogen-bond donors (Lipinski definition) is 1. The van der Waals surface area contributed by atoms with Gasteiger partial charge in [-0.1, -0.05) is 24.3 Å². The summed E-state index contributed by atoms with van der Waals surface area (Å²) >= 11 is 0. The first kappa shape index (κ1) is 20.9. The Morgan fingerprint density at radius 3 is 2.47 bits per heavy atom. The maximum absolute atomic E-state index is 13.8. The van der Waals surface area contributed by atoms with Crippen LogP contribution >= 0.6 is 0 Å². The number of phenols is 1. The summed E-state index contributed by atoms with van der Waals surface area (Å²) < 4.78 is 29.7. The molecule has 5 nitrogen and oxygen atoms in total. The molecular formula is C24H21FO5. The molecule has 30 heavy (non-hydrogen) atoms. The van der Waals surface area contributed by atoms with Crippen molar-refractivity contribution in [1.82, 2.24) is 0 Å². The molecule has 0 saturated heterocycles. The molecule has 0 saturated carbocycles. The molecular weight excluding hydrogens is 387 g/mol. The van der Waals surface area contributed by atoms with E-state index in [0.29, 0.717) is 16.9 Å². The average molecular weight is 408 g/mol. The van der Waals surface area contributed by atoms with Crippen molar-refractivity contribution in [2.75, 3.05) is 14.2 Å². The SMILES string of the molecule is COc1cc(C(=O)/C=C/c2ccc(OC)c(COc3ccccc3F)c2)ccc1O. The molecule has 0 unspecified atom stereocenters. The highest BCUT2D eigenvalue weighted by atomic mass is 19.1. The second-order valence-corrected chi connectivity index (χ2v) is 6.37. The summed E-state index contributed by atoms with van der Waals surface area (Å²) in [6, 6.07) is 15.9. The van der Waals surface area contributed by atoms with E-state index < -0.39 is 5.82 Å². The molecule has 0 bridgehead atoms. The molecule has 0 aromatic heterocycles. The maximum Gasteiger partial charge on any atom is 0.185 e. The largest absolute Gasteiger partial charge is 0.504 e. The van der Waals surface area contributed by atoms with Crippen LogP contribution in [-0.4, -0.2) is 25.1 Å². The molecule has 0 atom stereocenters. The van der Waals surface area contributed by atoms with Crippen LogP contribution in [0.25, 0.3) is 6.08 Å². The highest BCUT2D eigenvalue weighted by Gasteiger charge is 2.09. The van der Waals surface area contributed by atoms with E-state index in [2.05, 4.69) is 0 Å². The van der Waals surface area contributed by atoms with Gasteiger partial charge in [-0.15, -0.1) is 0 Å². The van der Waals surface area contributed by atoms with Crippen molar-refractivity contribution < 1.29 is 28.5 Å². The Labute approximate surface area is 174 Å². The molecule has 3 rings (SSSR count). The van der Waals surface area contributed by atoms with E-state index >= 15 is 0 Å². The Kier molecular flexibility index (Phi) is 6.70. The lowest BCUT2D eigenvalue weighted by molar-refractivity contribution is 0.104. The fourth-order valence-corrected chi connectivity index (χ4v) is 2.83. The van der Waals surface area contributed by atoms with E-state index in [-0.39, 0.29) is 29.6 Å². The van der Waals surface area contributed by atoms with E-state index in [4.69, 9.17) is 14.2 Å². The van der Waals surface area contributed by atoms with Crippen LogP contribution in [0.3, 0.4) is 0 Å². The van der Waals surface area contributed by atoms with Gasteiger partial charge < -0.3 is 19.3 Å². The Morgan fingerprint density at radius 1 is 0.967 bits per heavy atom. The number of halogens is 1. The van der Waals surface area contributed by atoms with Gasteiger partial charge in [0.25, 0.3) is 0 Å². The Morgan fingerprint density at radius 2 is 1.73 bits per heavy atom. The Hall–Kier alpha value is -3.80. The minimum atomic E-state index is -0.442. The van der Waals surface area contributed by atoms with Crippen molar-refractivity contribution in [2.45, 2.75) is 6.61 Å². The number of ether oxygens (including phenoxy) is 3. The van der Waals surface area contributed by atoms with E-state index in [1.54, 1.807) is 49.6 Å². The number of carbonyl (C=O) groups excluding carboxylic acids is 1. The summed E-state index contributed by atoms with van der Waals surface area (Å²) in [7, 11) is 2.96. The van der Waals surface area contributed by atoms with E-state index in [1.807, 2.05) is 0 Å². The molecule has 0 spiro atoms. The third kappa shape index (κ3) is 4.97. The van der Waals surface area contributed by atoms with Gasteiger partial charge in [0.1, 0.15) is 12.4 Å². The number of hydrogen-bond acceptors (Lipinski definition) is 5. The molecule has 3 aromatic rings. The molecule has 0 aliphatic carbocycles. The summed E-state index contributed by atoms with van der Waals surface area (Å²) in [6.07, 6.45) is 3.09. The number of allylic oxidation sites excluding steroid dienone is 1. The summed E-state index contributed by atoms with van der Waals surface area (Å²) in [4.78, 5) is 12.4. The first-order valence-electron chi connectivity index (χ1n) is 9.15. The second kappa shape index (κ2) is 9.60. The van der Waals surface area contributed by atoms with Crippen LogP contribution in [0.5, 0.6) is 23.0 Å². The number of carbonyl (C=O) groups is 1.